The van der Waals surface area contributed by atoms with Crippen molar-refractivity contribution in [3.8, 4) is 0 Å². The number of carbonyl (C=O) groups excluding carboxylic acids is 1. The van der Waals surface area contributed by atoms with E-state index in [1.165, 1.54) is 24.6 Å². The van der Waals surface area contributed by atoms with Crippen molar-refractivity contribution in [2.24, 2.45) is 4.99 Å². The zero-order valence-electron chi connectivity index (χ0n) is 7.21. The highest BCUT2D eigenvalue weighted by Gasteiger charge is 1.90. The van der Waals surface area contributed by atoms with E-state index in [0.717, 1.165) is 0 Å². The predicted octanol–water partition coefficient (Wildman–Crippen LogP) is 0.906. The molecule has 1 aromatic rings. The lowest BCUT2D eigenvalue weighted by molar-refractivity contribution is -0.113. The van der Waals surface area contributed by atoms with Gasteiger partial charge in [-0.05, 0) is 12.1 Å². The van der Waals surface area contributed by atoms with Gasteiger partial charge in [-0.25, -0.2) is 9.79 Å². The van der Waals surface area contributed by atoms with Crippen molar-refractivity contribution < 1.29 is 9.21 Å². The molecule has 14 heavy (non-hydrogen) atoms. The summed E-state index contributed by atoms with van der Waals surface area (Å²) in [5.74, 6) is -0.157. The second-order valence-electron chi connectivity index (χ2n) is 2.10. The maximum atomic E-state index is 10.1. The van der Waals surface area contributed by atoms with E-state index in [2.05, 4.69) is 9.41 Å². The largest absolute Gasteiger partial charge is 0.431 e. The molecule has 4 nitrogen and oxygen atoms in total. The molecule has 2 heterocycles. The fraction of sp³-hybridized carbons (Fsp3) is 0. The van der Waals surface area contributed by atoms with Crippen LogP contribution in [-0.2, 0) is 4.79 Å². The molecule has 1 aliphatic heterocycles. The van der Waals surface area contributed by atoms with Gasteiger partial charge in [0.05, 0.1) is 6.26 Å². The van der Waals surface area contributed by atoms with Crippen LogP contribution in [0.25, 0.3) is 0 Å². The van der Waals surface area contributed by atoms with Crippen LogP contribution in [0.1, 0.15) is 0 Å². The molecule has 0 N–H and O–H groups in total. The van der Waals surface area contributed by atoms with E-state index in [1.807, 2.05) is 0 Å². The third-order valence-electron chi connectivity index (χ3n) is 1.13. The molecule has 0 saturated heterocycles. The quantitative estimate of drug-likeness (QED) is 0.640. The maximum absolute atomic E-state index is 10.1. The summed E-state index contributed by atoms with van der Waals surface area (Å²) in [7, 11) is 0. The van der Waals surface area contributed by atoms with Gasteiger partial charge in [0.1, 0.15) is 0 Å². The van der Waals surface area contributed by atoms with E-state index in [1.54, 1.807) is 18.2 Å². The molecule has 0 saturated carbocycles. The summed E-state index contributed by atoms with van der Waals surface area (Å²) < 4.78 is 4.37. The Hall–Kier alpha value is -1.62. The molecule has 0 unspecified atom stereocenters. The van der Waals surface area contributed by atoms with Crippen molar-refractivity contribution in [2.75, 3.05) is 0 Å². The molecule has 5 heteroatoms. The lowest BCUT2D eigenvalue weighted by Crippen LogP contribution is -1.90. The van der Waals surface area contributed by atoms with Crippen LogP contribution in [0.3, 0.4) is 0 Å². The lowest BCUT2D eigenvalue weighted by Gasteiger charge is -1.72. The van der Waals surface area contributed by atoms with Crippen molar-refractivity contribution in [1.82, 2.24) is 0 Å². The van der Waals surface area contributed by atoms with E-state index in [-0.39, 0.29) is 25.0 Å². The highest BCUT2D eigenvalue weighted by molar-refractivity contribution is 7.59. The lowest BCUT2D eigenvalue weighted by atomic mass is 10.5. The molecule has 74 valence electrons. The molecule has 1 aliphatic rings. The molecule has 0 spiro atoms. The fourth-order valence-corrected chi connectivity index (χ4v) is 0.610. The molecule has 0 aliphatic carbocycles. The third-order valence-corrected chi connectivity index (χ3v) is 1.13. The molecule has 2 rings (SSSR count). The van der Waals surface area contributed by atoms with Crippen molar-refractivity contribution in [3.63, 3.8) is 0 Å². The Morgan fingerprint density at radius 1 is 1.21 bits per heavy atom. The van der Waals surface area contributed by atoms with Gasteiger partial charge < -0.3 is 4.42 Å². The van der Waals surface area contributed by atoms with Gasteiger partial charge >= 0.3 is 5.63 Å². The number of amides is 1. The molecular weight excluding hydrogens is 202 g/mol. The van der Waals surface area contributed by atoms with E-state index >= 15 is 0 Å². The monoisotopic (exact) mass is 211 g/mol. The van der Waals surface area contributed by atoms with Gasteiger partial charge in [0.15, 0.2) is 0 Å². The van der Waals surface area contributed by atoms with Gasteiger partial charge in [0, 0.05) is 18.4 Å². The number of aliphatic imine (C=N–C) groups is 1. The van der Waals surface area contributed by atoms with Crippen LogP contribution in [0.2, 0.25) is 0 Å². The van der Waals surface area contributed by atoms with Gasteiger partial charge in [-0.1, -0.05) is 6.07 Å². The molecule has 0 fully saturated rings. The second kappa shape index (κ2) is 6.85. The van der Waals surface area contributed by atoms with E-state index < -0.39 is 0 Å². The number of allylic oxidation sites excluding steroid dienone is 1. The van der Waals surface area contributed by atoms with Crippen LogP contribution < -0.4 is 5.63 Å². The normalized spacial score (nSPS) is 11.6. The maximum Gasteiger partial charge on any atom is 0.335 e. The number of carbonyl (C=O) groups is 1. The Balaban J connectivity index is 0.000000227. The SMILES string of the molecule is O=C1C=CC=N1.O=c1cccco1.S. The van der Waals surface area contributed by atoms with Gasteiger partial charge in [-0.3, -0.25) is 4.79 Å². The topological polar surface area (TPSA) is 59.6 Å². The summed E-state index contributed by atoms with van der Waals surface area (Å²) in [6.07, 6.45) is 5.85. The van der Waals surface area contributed by atoms with Crippen LogP contribution in [0.5, 0.6) is 0 Å². The average molecular weight is 211 g/mol. The molecule has 1 aromatic heterocycles. The summed E-state index contributed by atoms with van der Waals surface area (Å²) in [5.41, 5.74) is -0.303. The fourth-order valence-electron chi connectivity index (χ4n) is 0.610. The second-order valence-corrected chi connectivity index (χ2v) is 2.10. The van der Waals surface area contributed by atoms with Crippen LogP contribution in [0, 0.1) is 0 Å². The first-order valence-corrected chi connectivity index (χ1v) is 3.57. The van der Waals surface area contributed by atoms with Gasteiger partial charge in [0.2, 0.25) is 0 Å². The average Bonchev–Trinajstić information content (AvgIpc) is 2.58. The summed E-state index contributed by atoms with van der Waals surface area (Å²) in [6, 6.07) is 4.65. The number of hydrogen-bond acceptors (Lipinski definition) is 3. The molecular formula is C9H9NO3S. The number of rotatable bonds is 0. The molecule has 1 amide bonds. The summed E-state index contributed by atoms with van der Waals surface area (Å²) >= 11 is 0. The van der Waals surface area contributed by atoms with E-state index in [4.69, 9.17) is 0 Å². The van der Waals surface area contributed by atoms with Crippen LogP contribution in [-0.4, -0.2) is 12.1 Å². The molecule has 0 atom stereocenters. The zero-order chi connectivity index (χ0) is 9.52. The zero-order valence-corrected chi connectivity index (χ0v) is 8.21. The van der Waals surface area contributed by atoms with Crippen LogP contribution in [0.15, 0.2) is 50.8 Å². The van der Waals surface area contributed by atoms with Crippen molar-refractivity contribution in [1.29, 1.82) is 0 Å². The van der Waals surface area contributed by atoms with Gasteiger partial charge in [0.25, 0.3) is 5.91 Å². The summed E-state index contributed by atoms with van der Waals surface area (Å²) in [4.78, 5) is 23.4. The van der Waals surface area contributed by atoms with Gasteiger partial charge in [-0.15, -0.1) is 0 Å². The molecule has 0 radical (unpaired) electrons. The first-order chi connectivity index (χ1) is 6.29. The highest BCUT2D eigenvalue weighted by atomic mass is 32.1. The van der Waals surface area contributed by atoms with E-state index in [0.29, 0.717) is 0 Å². The van der Waals surface area contributed by atoms with Crippen LogP contribution in [0.4, 0.5) is 0 Å². The van der Waals surface area contributed by atoms with Crippen LogP contribution >= 0.6 is 13.5 Å². The van der Waals surface area contributed by atoms with Crippen molar-refractivity contribution >= 4 is 25.6 Å². The minimum absolute atomic E-state index is 0. The summed E-state index contributed by atoms with van der Waals surface area (Å²) in [6.45, 7) is 0. The minimum Gasteiger partial charge on any atom is -0.431 e. The van der Waals surface area contributed by atoms with Crippen molar-refractivity contribution in [2.45, 2.75) is 0 Å². The Kier molecular flexibility index (Phi) is 6.06. The first-order valence-electron chi connectivity index (χ1n) is 3.57. The van der Waals surface area contributed by atoms with Crippen molar-refractivity contribution in [3.05, 3.63) is 47.0 Å². The van der Waals surface area contributed by atoms with Gasteiger partial charge in [-0.2, -0.15) is 13.5 Å². The number of hydrogen-bond donors (Lipinski definition) is 0. The Labute approximate surface area is 87.4 Å². The third kappa shape index (κ3) is 5.10. The predicted molar refractivity (Wildman–Crippen MR) is 58.0 cm³/mol. The first kappa shape index (κ1) is 12.4. The molecule has 0 bridgehead atoms. The smallest absolute Gasteiger partial charge is 0.335 e. The highest BCUT2D eigenvalue weighted by Crippen LogP contribution is 1.83. The number of nitrogens with zero attached hydrogens (tertiary/aromatic N) is 1. The summed E-state index contributed by atoms with van der Waals surface area (Å²) in [5, 5.41) is 0. The minimum atomic E-state index is -0.303. The Morgan fingerprint density at radius 2 is 2.00 bits per heavy atom. The Bertz CT molecular complexity index is 364. The van der Waals surface area contributed by atoms with E-state index in [9.17, 15) is 9.59 Å². The molecule has 0 aromatic carbocycles. The Morgan fingerprint density at radius 3 is 2.21 bits per heavy atom. The standard InChI is InChI=1S/C5H4O2.C4H3NO.H2S/c6-5-3-1-2-4-7-5;6-4-2-1-3-5-4;/h1-4H;1-3H;1H2.